The number of aromatic nitrogens is 2. The lowest BCUT2D eigenvalue weighted by Crippen LogP contribution is -2.52. The number of amides is 2. The SMILES string of the molecule is Cc1oc(C(C)(C)C)cc1C(=O)N1CCN(c2cnn(C)c2)C(=O)C1. The lowest BCUT2D eigenvalue weighted by molar-refractivity contribution is -0.120. The fourth-order valence-electron chi connectivity index (χ4n) is 2.90. The Morgan fingerprint density at radius 1 is 1.28 bits per heavy atom. The van der Waals surface area contributed by atoms with E-state index in [0.717, 1.165) is 11.4 Å². The Bertz CT molecular complexity index is 813. The average molecular weight is 344 g/mol. The molecular formula is C18H24N4O3. The fraction of sp³-hybridized carbons (Fsp3) is 0.500. The highest BCUT2D eigenvalue weighted by Gasteiger charge is 2.31. The molecule has 7 nitrogen and oxygen atoms in total. The molecule has 2 amide bonds. The Labute approximate surface area is 147 Å². The molecule has 0 radical (unpaired) electrons. The molecule has 0 bridgehead atoms. The molecule has 0 aromatic carbocycles. The number of hydrogen-bond donors (Lipinski definition) is 0. The highest BCUT2D eigenvalue weighted by atomic mass is 16.3. The zero-order valence-corrected chi connectivity index (χ0v) is 15.4. The minimum Gasteiger partial charge on any atom is -0.465 e. The van der Waals surface area contributed by atoms with Crippen LogP contribution in [0.5, 0.6) is 0 Å². The molecule has 7 heteroatoms. The third-order valence-electron chi connectivity index (χ3n) is 4.40. The van der Waals surface area contributed by atoms with E-state index in [1.54, 1.807) is 39.9 Å². The summed E-state index contributed by atoms with van der Waals surface area (Å²) in [4.78, 5) is 28.6. The van der Waals surface area contributed by atoms with Crippen LogP contribution in [0.2, 0.25) is 0 Å². The number of carbonyl (C=O) groups excluding carboxylic acids is 2. The summed E-state index contributed by atoms with van der Waals surface area (Å²) in [5, 5.41) is 4.10. The van der Waals surface area contributed by atoms with Gasteiger partial charge in [0, 0.05) is 31.7 Å². The van der Waals surface area contributed by atoms with Crippen LogP contribution in [0, 0.1) is 6.92 Å². The van der Waals surface area contributed by atoms with Crippen molar-refractivity contribution in [3.63, 3.8) is 0 Å². The number of hydrogen-bond acceptors (Lipinski definition) is 4. The fourth-order valence-corrected chi connectivity index (χ4v) is 2.90. The summed E-state index contributed by atoms with van der Waals surface area (Å²) in [7, 11) is 1.81. The van der Waals surface area contributed by atoms with E-state index < -0.39 is 0 Å². The molecule has 3 heterocycles. The van der Waals surface area contributed by atoms with Crippen LogP contribution in [0.3, 0.4) is 0 Å². The Morgan fingerprint density at radius 2 is 2.00 bits per heavy atom. The minimum absolute atomic E-state index is 0.0587. The Kier molecular flexibility index (Phi) is 4.18. The molecule has 1 aliphatic rings. The van der Waals surface area contributed by atoms with Gasteiger partial charge in [-0.05, 0) is 13.0 Å². The molecule has 1 saturated heterocycles. The smallest absolute Gasteiger partial charge is 0.257 e. The molecule has 1 fully saturated rings. The second-order valence-electron chi connectivity index (χ2n) is 7.47. The minimum atomic E-state index is -0.169. The topological polar surface area (TPSA) is 71.6 Å². The highest BCUT2D eigenvalue weighted by molar-refractivity contribution is 6.02. The summed E-state index contributed by atoms with van der Waals surface area (Å²) in [6.07, 6.45) is 3.45. The van der Waals surface area contributed by atoms with Gasteiger partial charge >= 0.3 is 0 Å². The van der Waals surface area contributed by atoms with Crippen molar-refractivity contribution in [1.82, 2.24) is 14.7 Å². The van der Waals surface area contributed by atoms with Gasteiger partial charge in [0.2, 0.25) is 5.91 Å². The number of piperazine rings is 1. The maximum atomic E-state index is 12.8. The Balaban J connectivity index is 1.75. The van der Waals surface area contributed by atoms with Crippen molar-refractivity contribution < 1.29 is 14.0 Å². The van der Waals surface area contributed by atoms with Gasteiger partial charge in [0.05, 0.1) is 17.4 Å². The first kappa shape index (κ1) is 17.3. The molecule has 1 aliphatic heterocycles. The number of furan rings is 1. The van der Waals surface area contributed by atoms with Crippen molar-refractivity contribution in [2.45, 2.75) is 33.1 Å². The van der Waals surface area contributed by atoms with Crippen molar-refractivity contribution in [1.29, 1.82) is 0 Å². The summed E-state index contributed by atoms with van der Waals surface area (Å²) >= 11 is 0. The van der Waals surface area contributed by atoms with Crippen LogP contribution in [-0.2, 0) is 17.3 Å². The summed E-state index contributed by atoms with van der Waals surface area (Å²) in [6, 6.07) is 1.80. The van der Waals surface area contributed by atoms with Gasteiger partial charge in [0.25, 0.3) is 5.91 Å². The molecule has 0 unspecified atom stereocenters. The number of anilines is 1. The van der Waals surface area contributed by atoms with Gasteiger partial charge in [-0.2, -0.15) is 5.10 Å². The van der Waals surface area contributed by atoms with Crippen molar-refractivity contribution in [3.8, 4) is 0 Å². The molecule has 0 N–H and O–H groups in total. The number of nitrogens with zero attached hydrogens (tertiary/aromatic N) is 4. The third-order valence-corrected chi connectivity index (χ3v) is 4.40. The zero-order chi connectivity index (χ0) is 18.4. The van der Waals surface area contributed by atoms with Crippen LogP contribution in [0.1, 0.15) is 42.6 Å². The average Bonchev–Trinajstić information content (AvgIpc) is 3.12. The predicted molar refractivity (Wildman–Crippen MR) is 93.6 cm³/mol. The largest absolute Gasteiger partial charge is 0.465 e. The van der Waals surface area contributed by atoms with Crippen molar-refractivity contribution >= 4 is 17.5 Å². The van der Waals surface area contributed by atoms with Crippen LogP contribution in [-0.4, -0.2) is 46.1 Å². The van der Waals surface area contributed by atoms with Crippen LogP contribution in [0.4, 0.5) is 5.69 Å². The molecule has 134 valence electrons. The molecule has 0 atom stereocenters. The Morgan fingerprint density at radius 3 is 2.52 bits per heavy atom. The van der Waals surface area contributed by atoms with Crippen LogP contribution in [0.25, 0.3) is 0 Å². The first-order valence-electron chi connectivity index (χ1n) is 8.36. The van der Waals surface area contributed by atoms with Gasteiger partial charge in [-0.15, -0.1) is 0 Å². The van der Waals surface area contributed by atoms with E-state index in [4.69, 9.17) is 4.42 Å². The number of carbonyl (C=O) groups is 2. The van der Waals surface area contributed by atoms with Gasteiger partial charge in [0.15, 0.2) is 0 Å². The van der Waals surface area contributed by atoms with Gasteiger partial charge in [-0.25, -0.2) is 0 Å². The lowest BCUT2D eigenvalue weighted by atomic mass is 9.93. The van der Waals surface area contributed by atoms with Crippen molar-refractivity contribution in [2.75, 3.05) is 24.5 Å². The standard InChI is InChI=1S/C18H24N4O3/c1-12-14(8-15(25-12)18(2,3)4)17(24)21-6-7-22(16(23)11-21)13-9-19-20(5)10-13/h8-10H,6-7,11H2,1-5H3. The molecule has 25 heavy (non-hydrogen) atoms. The maximum absolute atomic E-state index is 12.8. The highest BCUT2D eigenvalue weighted by Crippen LogP contribution is 2.28. The van der Waals surface area contributed by atoms with Gasteiger partial charge in [0.1, 0.15) is 18.1 Å². The van der Waals surface area contributed by atoms with Gasteiger partial charge in [-0.3, -0.25) is 14.3 Å². The second kappa shape index (κ2) is 6.06. The molecular weight excluding hydrogens is 320 g/mol. The normalized spacial score (nSPS) is 15.8. The maximum Gasteiger partial charge on any atom is 0.257 e. The summed E-state index contributed by atoms with van der Waals surface area (Å²) in [5.41, 5.74) is 1.12. The van der Waals surface area contributed by atoms with Crippen molar-refractivity contribution in [3.05, 3.63) is 35.5 Å². The molecule has 0 aliphatic carbocycles. The third kappa shape index (κ3) is 3.31. The van der Waals surface area contributed by atoms with E-state index in [1.807, 2.05) is 27.8 Å². The molecule has 0 saturated carbocycles. The van der Waals surface area contributed by atoms with E-state index in [9.17, 15) is 9.59 Å². The Hall–Kier alpha value is -2.57. The summed E-state index contributed by atoms with van der Waals surface area (Å²) in [6.45, 7) is 8.90. The molecule has 0 spiro atoms. The van der Waals surface area contributed by atoms with Crippen LogP contribution < -0.4 is 4.90 Å². The van der Waals surface area contributed by atoms with Crippen LogP contribution in [0.15, 0.2) is 22.9 Å². The first-order chi connectivity index (χ1) is 11.7. The predicted octanol–water partition coefficient (Wildman–Crippen LogP) is 2.11. The number of rotatable bonds is 2. The van der Waals surface area contributed by atoms with Gasteiger partial charge in [-0.1, -0.05) is 20.8 Å². The first-order valence-corrected chi connectivity index (χ1v) is 8.36. The summed E-state index contributed by atoms with van der Waals surface area (Å²) in [5.74, 6) is 1.10. The van der Waals surface area contributed by atoms with Crippen molar-refractivity contribution in [2.24, 2.45) is 7.05 Å². The molecule has 2 aromatic rings. The van der Waals surface area contributed by atoms with E-state index in [1.165, 1.54) is 0 Å². The second-order valence-corrected chi connectivity index (χ2v) is 7.47. The molecule has 2 aromatic heterocycles. The summed E-state index contributed by atoms with van der Waals surface area (Å²) < 4.78 is 7.41. The van der Waals surface area contributed by atoms with E-state index >= 15 is 0 Å². The monoisotopic (exact) mass is 344 g/mol. The van der Waals surface area contributed by atoms with E-state index in [-0.39, 0.29) is 23.8 Å². The quantitative estimate of drug-likeness (QED) is 0.836. The van der Waals surface area contributed by atoms with Crippen LogP contribution >= 0.6 is 0 Å². The number of aryl methyl sites for hydroxylation is 2. The van der Waals surface area contributed by atoms with E-state index in [0.29, 0.717) is 24.4 Å². The van der Waals surface area contributed by atoms with Gasteiger partial charge < -0.3 is 14.2 Å². The lowest BCUT2D eigenvalue weighted by Gasteiger charge is -2.33. The zero-order valence-electron chi connectivity index (χ0n) is 15.4. The molecule has 3 rings (SSSR count). The van der Waals surface area contributed by atoms with E-state index in [2.05, 4.69) is 5.10 Å².